The van der Waals surface area contributed by atoms with Gasteiger partial charge in [0.05, 0.1) is 6.54 Å². The Bertz CT molecular complexity index is 635. The SMILES string of the molecule is O=C(c1ccc(O)cc1)[C@@H]1N=NC[C@@H]1c1ccccc1. The maximum absolute atomic E-state index is 12.5. The molecule has 4 heteroatoms. The minimum Gasteiger partial charge on any atom is -0.508 e. The van der Waals surface area contributed by atoms with Gasteiger partial charge in [-0.3, -0.25) is 4.79 Å². The zero-order valence-corrected chi connectivity index (χ0v) is 10.8. The molecule has 3 rings (SSSR count). The van der Waals surface area contributed by atoms with Crippen molar-refractivity contribution in [2.45, 2.75) is 12.0 Å². The van der Waals surface area contributed by atoms with Gasteiger partial charge >= 0.3 is 0 Å². The summed E-state index contributed by atoms with van der Waals surface area (Å²) in [5.41, 5.74) is 1.63. The number of hydrogen-bond donors (Lipinski definition) is 1. The van der Waals surface area contributed by atoms with Crippen LogP contribution in [-0.2, 0) is 0 Å². The molecule has 0 aliphatic carbocycles. The Kier molecular flexibility index (Phi) is 3.29. The van der Waals surface area contributed by atoms with Crippen LogP contribution < -0.4 is 0 Å². The molecular formula is C16H14N2O2. The molecule has 2 aromatic carbocycles. The molecule has 1 aliphatic rings. The van der Waals surface area contributed by atoms with Crippen LogP contribution in [0.3, 0.4) is 0 Å². The van der Waals surface area contributed by atoms with Crippen molar-refractivity contribution in [3.05, 3.63) is 65.7 Å². The summed E-state index contributed by atoms with van der Waals surface area (Å²) in [6.07, 6.45) is 0. The van der Waals surface area contributed by atoms with Gasteiger partial charge in [-0.15, -0.1) is 0 Å². The summed E-state index contributed by atoms with van der Waals surface area (Å²) in [7, 11) is 0. The Balaban J connectivity index is 1.87. The molecule has 1 heterocycles. The highest BCUT2D eigenvalue weighted by Crippen LogP contribution is 2.30. The van der Waals surface area contributed by atoms with Crippen molar-refractivity contribution in [2.24, 2.45) is 10.2 Å². The van der Waals surface area contributed by atoms with Gasteiger partial charge in [-0.2, -0.15) is 10.2 Å². The molecule has 20 heavy (non-hydrogen) atoms. The summed E-state index contributed by atoms with van der Waals surface area (Å²) in [5, 5.41) is 17.4. The van der Waals surface area contributed by atoms with E-state index in [9.17, 15) is 9.90 Å². The Morgan fingerprint density at radius 1 is 1.05 bits per heavy atom. The van der Waals surface area contributed by atoms with Gasteiger partial charge in [-0.05, 0) is 29.8 Å². The summed E-state index contributed by atoms with van der Waals surface area (Å²) < 4.78 is 0. The maximum Gasteiger partial charge on any atom is 0.189 e. The first kappa shape index (κ1) is 12.5. The van der Waals surface area contributed by atoms with E-state index in [0.29, 0.717) is 12.1 Å². The van der Waals surface area contributed by atoms with Crippen molar-refractivity contribution in [3.8, 4) is 5.75 Å². The van der Waals surface area contributed by atoms with Crippen LogP contribution in [0.2, 0.25) is 0 Å². The third-order valence-corrected chi connectivity index (χ3v) is 3.51. The zero-order chi connectivity index (χ0) is 13.9. The molecule has 0 bridgehead atoms. The zero-order valence-electron chi connectivity index (χ0n) is 10.8. The molecule has 1 aliphatic heterocycles. The number of carbonyl (C=O) groups excluding carboxylic acids is 1. The van der Waals surface area contributed by atoms with E-state index in [1.165, 1.54) is 12.1 Å². The van der Waals surface area contributed by atoms with Crippen molar-refractivity contribution < 1.29 is 9.90 Å². The minimum absolute atomic E-state index is 0.00231. The molecule has 0 fully saturated rings. The number of nitrogens with zero attached hydrogens (tertiary/aromatic N) is 2. The number of aromatic hydroxyl groups is 1. The number of phenols is 1. The fourth-order valence-corrected chi connectivity index (χ4v) is 2.42. The lowest BCUT2D eigenvalue weighted by molar-refractivity contribution is 0.0956. The standard InChI is InChI=1S/C16H14N2O2/c19-13-8-6-12(7-9-13)16(20)15-14(10-17-18-15)11-4-2-1-3-5-11/h1-9,14-15,19H,10H2/t14-,15-/m1/s1. The van der Waals surface area contributed by atoms with E-state index in [4.69, 9.17) is 0 Å². The van der Waals surface area contributed by atoms with Gasteiger partial charge in [0.15, 0.2) is 5.78 Å². The second kappa shape index (κ2) is 5.25. The quantitative estimate of drug-likeness (QED) is 0.867. The van der Waals surface area contributed by atoms with Crippen LogP contribution >= 0.6 is 0 Å². The van der Waals surface area contributed by atoms with Gasteiger partial charge in [0, 0.05) is 11.5 Å². The van der Waals surface area contributed by atoms with Crippen molar-refractivity contribution in [1.82, 2.24) is 0 Å². The topological polar surface area (TPSA) is 62.0 Å². The lowest BCUT2D eigenvalue weighted by Crippen LogP contribution is -2.24. The van der Waals surface area contributed by atoms with E-state index in [1.54, 1.807) is 12.1 Å². The maximum atomic E-state index is 12.5. The Labute approximate surface area is 116 Å². The van der Waals surface area contributed by atoms with Crippen LogP contribution in [0.5, 0.6) is 5.75 Å². The molecular weight excluding hydrogens is 252 g/mol. The number of azo groups is 1. The largest absolute Gasteiger partial charge is 0.508 e. The normalized spacial score (nSPS) is 21.0. The van der Waals surface area contributed by atoms with Gasteiger partial charge in [0.25, 0.3) is 0 Å². The van der Waals surface area contributed by atoms with Crippen molar-refractivity contribution in [3.63, 3.8) is 0 Å². The summed E-state index contributed by atoms with van der Waals surface area (Å²) in [4.78, 5) is 12.5. The van der Waals surface area contributed by atoms with Crippen LogP contribution in [0.15, 0.2) is 64.8 Å². The van der Waals surface area contributed by atoms with Gasteiger partial charge in [-0.1, -0.05) is 30.3 Å². The van der Waals surface area contributed by atoms with Crippen LogP contribution in [0.1, 0.15) is 21.8 Å². The second-order valence-electron chi connectivity index (χ2n) is 4.81. The molecule has 0 aromatic heterocycles. The van der Waals surface area contributed by atoms with Crippen molar-refractivity contribution in [1.29, 1.82) is 0 Å². The number of carbonyl (C=O) groups is 1. The molecule has 2 aromatic rings. The molecule has 0 unspecified atom stereocenters. The summed E-state index contributed by atoms with van der Waals surface area (Å²) in [5.74, 6) is 0.0896. The molecule has 0 amide bonds. The lowest BCUT2D eigenvalue weighted by Gasteiger charge is -2.15. The third-order valence-electron chi connectivity index (χ3n) is 3.51. The molecule has 4 nitrogen and oxygen atoms in total. The van der Waals surface area contributed by atoms with E-state index >= 15 is 0 Å². The van der Waals surface area contributed by atoms with Crippen molar-refractivity contribution in [2.75, 3.05) is 6.54 Å². The molecule has 0 spiro atoms. The molecule has 0 saturated heterocycles. The first-order valence-electron chi connectivity index (χ1n) is 6.50. The first-order chi connectivity index (χ1) is 9.75. The number of rotatable bonds is 3. The summed E-state index contributed by atoms with van der Waals surface area (Å²) in [6.45, 7) is 0.540. The average Bonchev–Trinajstić information content (AvgIpc) is 2.97. The predicted octanol–water partition coefficient (Wildman–Crippen LogP) is 3.19. The number of phenolic OH excluding ortho intramolecular Hbond substituents is 1. The average molecular weight is 266 g/mol. The smallest absolute Gasteiger partial charge is 0.189 e. The highest BCUT2D eigenvalue weighted by Gasteiger charge is 2.33. The van der Waals surface area contributed by atoms with Gasteiger partial charge in [-0.25, -0.2) is 0 Å². The number of hydrogen-bond acceptors (Lipinski definition) is 4. The van der Waals surface area contributed by atoms with Crippen LogP contribution in [-0.4, -0.2) is 23.5 Å². The van der Waals surface area contributed by atoms with Crippen LogP contribution in [0.25, 0.3) is 0 Å². The van der Waals surface area contributed by atoms with E-state index < -0.39 is 6.04 Å². The Morgan fingerprint density at radius 3 is 2.45 bits per heavy atom. The van der Waals surface area contributed by atoms with Crippen LogP contribution in [0.4, 0.5) is 0 Å². The molecule has 0 saturated carbocycles. The van der Waals surface area contributed by atoms with E-state index in [2.05, 4.69) is 10.2 Å². The second-order valence-corrected chi connectivity index (χ2v) is 4.81. The summed E-state index contributed by atoms with van der Waals surface area (Å²) >= 11 is 0. The fraction of sp³-hybridized carbons (Fsp3) is 0.188. The van der Waals surface area contributed by atoms with Gasteiger partial charge in [0.1, 0.15) is 11.8 Å². The van der Waals surface area contributed by atoms with E-state index in [0.717, 1.165) is 5.56 Å². The van der Waals surface area contributed by atoms with Gasteiger partial charge in [0.2, 0.25) is 0 Å². The van der Waals surface area contributed by atoms with Crippen molar-refractivity contribution >= 4 is 5.78 Å². The number of benzene rings is 2. The number of ketones is 1. The predicted molar refractivity (Wildman–Crippen MR) is 75.1 cm³/mol. The third kappa shape index (κ3) is 2.32. The van der Waals surface area contributed by atoms with Gasteiger partial charge < -0.3 is 5.11 Å². The Morgan fingerprint density at radius 2 is 1.75 bits per heavy atom. The van der Waals surface area contributed by atoms with Crippen LogP contribution in [0, 0.1) is 0 Å². The highest BCUT2D eigenvalue weighted by atomic mass is 16.3. The molecule has 2 atom stereocenters. The first-order valence-corrected chi connectivity index (χ1v) is 6.50. The highest BCUT2D eigenvalue weighted by molar-refractivity contribution is 6.01. The minimum atomic E-state index is -0.470. The van der Waals surface area contributed by atoms with E-state index in [1.807, 2.05) is 30.3 Å². The Hall–Kier alpha value is -2.49. The number of Topliss-reactive ketones (excluding diaryl/α,β-unsaturated/α-hetero) is 1. The molecule has 0 radical (unpaired) electrons. The van der Waals surface area contributed by atoms with E-state index in [-0.39, 0.29) is 17.5 Å². The lowest BCUT2D eigenvalue weighted by atomic mass is 9.88. The molecule has 1 N–H and O–H groups in total. The monoisotopic (exact) mass is 266 g/mol. The molecule has 100 valence electrons. The summed E-state index contributed by atoms with van der Waals surface area (Å²) in [6, 6.07) is 15.6. The fourth-order valence-electron chi connectivity index (χ4n) is 2.42.